The fourth-order valence-electron chi connectivity index (χ4n) is 2.91. The summed E-state index contributed by atoms with van der Waals surface area (Å²) in [5.41, 5.74) is 1.47. The molecule has 0 aliphatic carbocycles. The molecule has 10 heteroatoms. The molecule has 146 valence electrons. The number of ether oxygens (including phenoxy) is 1. The summed E-state index contributed by atoms with van der Waals surface area (Å²) >= 11 is 3.07. The first-order valence-corrected chi connectivity index (χ1v) is 10.5. The van der Waals surface area contributed by atoms with Gasteiger partial charge in [-0.25, -0.2) is 4.79 Å². The van der Waals surface area contributed by atoms with Gasteiger partial charge in [-0.15, -0.1) is 10.2 Å². The van der Waals surface area contributed by atoms with Crippen LogP contribution in [0.5, 0.6) is 0 Å². The molecule has 0 radical (unpaired) electrons. The van der Waals surface area contributed by atoms with E-state index in [1.807, 2.05) is 6.07 Å². The third-order valence-corrected chi connectivity index (χ3v) is 6.35. The van der Waals surface area contributed by atoms with Gasteiger partial charge in [0.2, 0.25) is 11.0 Å². The number of carbonyl (C=O) groups is 1. The Balaban J connectivity index is 1.52. The number of rotatable bonds is 5. The summed E-state index contributed by atoms with van der Waals surface area (Å²) in [6.07, 6.45) is 0. The van der Waals surface area contributed by atoms with Crippen LogP contribution in [0.2, 0.25) is 0 Å². The minimum atomic E-state index is -0.422. The molecule has 1 aliphatic heterocycles. The van der Waals surface area contributed by atoms with E-state index in [1.165, 1.54) is 36.1 Å². The number of amides is 1. The molecule has 8 nitrogen and oxygen atoms in total. The van der Waals surface area contributed by atoms with Crippen molar-refractivity contribution in [3.8, 4) is 0 Å². The molecule has 1 aliphatic rings. The van der Waals surface area contributed by atoms with Gasteiger partial charge in [0.15, 0.2) is 4.34 Å². The quantitative estimate of drug-likeness (QED) is 0.499. The molecule has 0 spiro atoms. The Bertz CT molecular complexity index is 1060. The maximum Gasteiger partial charge on any atom is 0.336 e. The first-order valence-electron chi connectivity index (χ1n) is 8.72. The van der Waals surface area contributed by atoms with Gasteiger partial charge in [-0.3, -0.25) is 4.79 Å². The number of nitrogens with one attached hydrogen (secondary N) is 1. The third kappa shape index (κ3) is 4.34. The Hall–Kier alpha value is -2.43. The number of benzene rings is 1. The van der Waals surface area contributed by atoms with E-state index in [0.717, 1.165) is 33.5 Å². The molecule has 0 bridgehead atoms. The lowest BCUT2D eigenvalue weighted by atomic mass is 10.1. The highest BCUT2D eigenvalue weighted by molar-refractivity contribution is 8.00. The smallest absolute Gasteiger partial charge is 0.336 e. The van der Waals surface area contributed by atoms with Crippen molar-refractivity contribution in [2.75, 3.05) is 36.5 Å². The van der Waals surface area contributed by atoms with Gasteiger partial charge in [0, 0.05) is 49.0 Å². The number of hydrogen-bond acceptors (Lipinski definition) is 9. The maximum absolute atomic E-state index is 12.0. The van der Waals surface area contributed by atoms with Crippen molar-refractivity contribution >= 4 is 50.8 Å². The van der Waals surface area contributed by atoms with E-state index < -0.39 is 5.63 Å². The molecule has 1 fully saturated rings. The van der Waals surface area contributed by atoms with Crippen molar-refractivity contribution in [2.45, 2.75) is 17.0 Å². The van der Waals surface area contributed by atoms with Crippen LogP contribution in [0, 0.1) is 0 Å². The van der Waals surface area contributed by atoms with Crippen LogP contribution in [-0.2, 0) is 15.3 Å². The van der Waals surface area contributed by atoms with E-state index in [1.54, 1.807) is 12.1 Å². The molecule has 0 saturated carbocycles. The summed E-state index contributed by atoms with van der Waals surface area (Å²) in [7, 11) is 0. The van der Waals surface area contributed by atoms with Crippen LogP contribution >= 0.6 is 23.1 Å². The fraction of sp³-hybridized carbons (Fsp3) is 0.333. The number of aromatic nitrogens is 2. The number of anilines is 2. The standard InChI is InChI=1S/C18H18N4O4S2/c1-11(23)19-13-2-3-14-12(8-16(24)26-15(14)9-13)10-27-18-21-20-17(28-18)22-4-6-25-7-5-22/h2-3,8-9H,4-7,10H2,1H3,(H,19,23). The summed E-state index contributed by atoms with van der Waals surface area (Å²) in [6.45, 7) is 4.48. The highest BCUT2D eigenvalue weighted by Crippen LogP contribution is 2.32. The first-order chi connectivity index (χ1) is 13.6. The Morgan fingerprint density at radius 1 is 1.29 bits per heavy atom. The van der Waals surface area contributed by atoms with Crippen molar-refractivity contribution in [3.63, 3.8) is 0 Å². The molecule has 3 heterocycles. The van der Waals surface area contributed by atoms with Crippen molar-refractivity contribution in [1.82, 2.24) is 10.2 Å². The summed E-state index contributed by atoms with van der Waals surface area (Å²) < 4.78 is 11.5. The van der Waals surface area contributed by atoms with Crippen LogP contribution in [0.15, 0.2) is 37.8 Å². The van der Waals surface area contributed by atoms with Gasteiger partial charge in [-0.2, -0.15) is 0 Å². The Kier molecular flexibility index (Phi) is 5.60. The van der Waals surface area contributed by atoms with Gasteiger partial charge >= 0.3 is 5.63 Å². The molecule has 0 atom stereocenters. The van der Waals surface area contributed by atoms with Crippen LogP contribution in [0.1, 0.15) is 12.5 Å². The predicted molar refractivity (Wildman–Crippen MR) is 109 cm³/mol. The van der Waals surface area contributed by atoms with Gasteiger partial charge in [-0.1, -0.05) is 23.1 Å². The molecule has 1 aromatic carbocycles. The van der Waals surface area contributed by atoms with Crippen molar-refractivity contribution in [1.29, 1.82) is 0 Å². The van der Waals surface area contributed by atoms with Crippen molar-refractivity contribution in [2.24, 2.45) is 0 Å². The Morgan fingerprint density at radius 3 is 2.89 bits per heavy atom. The molecule has 28 heavy (non-hydrogen) atoms. The van der Waals surface area contributed by atoms with Crippen LogP contribution in [0.4, 0.5) is 10.8 Å². The molecule has 1 N–H and O–H groups in total. The zero-order valence-electron chi connectivity index (χ0n) is 15.1. The van der Waals surface area contributed by atoms with Gasteiger partial charge in [0.1, 0.15) is 5.58 Å². The third-order valence-electron chi connectivity index (χ3n) is 4.18. The average Bonchev–Trinajstić information content (AvgIpc) is 3.15. The van der Waals surface area contributed by atoms with E-state index >= 15 is 0 Å². The molecule has 0 unspecified atom stereocenters. The van der Waals surface area contributed by atoms with E-state index in [2.05, 4.69) is 20.4 Å². The normalized spacial score (nSPS) is 14.4. The van der Waals surface area contributed by atoms with E-state index in [4.69, 9.17) is 9.15 Å². The zero-order valence-corrected chi connectivity index (χ0v) is 16.8. The van der Waals surface area contributed by atoms with Crippen LogP contribution in [-0.4, -0.2) is 42.4 Å². The lowest BCUT2D eigenvalue weighted by Crippen LogP contribution is -2.36. The van der Waals surface area contributed by atoms with Gasteiger partial charge in [-0.05, 0) is 17.7 Å². The number of morpholine rings is 1. The van der Waals surface area contributed by atoms with E-state index in [9.17, 15) is 9.59 Å². The van der Waals surface area contributed by atoms with E-state index in [-0.39, 0.29) is 5.91 Å². The number of nitrogens with zero attached hydrogens (tertiary/aromatic N) is 3. The predicted octanol–water partition coefficient (Wildman–Crippen LogP) is 2.73. The summed E-state index contributed by atoms with van der Waals surface area (Å²) in [5.74, 6) is 0.389. The molecule has 3 aromatic rings. The Labute approximate surface area is 168 Å². The number of thioether (sulfide) groups is 1. The molecule has 1 saturated heterocycles. The van der Waals surface area contributed by atoms with Gasteiger partial charge < -0.3 is 19.4 Å². The summed E-state index contributed by atoms with van der Waals surface area (Å²) in [4.78, 5) is 25.4. The minimum absolute atomic E-state index is 0.180. The maximum atomic E-state index is 12.0. The second-order valence-corrected chi connectivity index (χ2v) is 8.40. The minimum Gasteiger partial charge on any atom is -0.423 e. The lowest BCUT2D eigenvalue weighted by Gasteiger charge is -2.25. The van der Waals surface area contributed by atoms with Gasteiger partial charge in [0.25, 0.3) is 0 Å². The molecule has 2 aromatic heterocycles. The van der Waals surface area contributed by atoms with E-state index in [0.29, 0.717) is 30.2 Å². The van der Waals surface area contributed by atoms with Crippen molar-refractivity contribution in [3.05, 3.63) is 40.2 Å². The zero-order chi connectivity index (χ0) is 19.5. The molecule has 1 amide bonds. The van der Waals surface area contributed by atoms with Crippen LogP contribution < -0.4 is 15.8 Å². The van der Waals surface area contributed by atoms with Crippen molar-refractivity contribution < 1.29 is 13.9 Å². The average molecular weight is 419 g/mol. The first kappa shape index (κ1) is 18.9. The highest BCUT2D eigenvalue weighted by Gasteiger charge is 2.16. The van der Waals surface area contributed by atoms with Gasteiger partial charge in [0.05, 0.1) is 13.2 Å². The topological polar surface area (TPSA) is 97.6 Å². The summed E-state index contributed by atoms with van der Waals surface area (Å²) in [6, 6.07) is 6.79. The largest absolute Gasteiger partial charge is 0.423 e. The monoisotopic (exact) mass is 418 g/mol. The molecular weight excluding hydrogens is 400 g/mol. The highest BCUT2D eigenvalue weighted by atomic mass is 32.2. The Morgan fingerprint density at radius 2 is 2.11 bits per heavy atom. The summed E-state index contributed by atoms with van der Waals surface area (Å²) in [5, 5.41) is 12.9. The second kappa shape index (κ2) is 8.29. The van der Waals surface area contributed by atoms with Crippen LogP contribution in [0.3, 0.4) is 0 Å². The SMILES string of the molecule is CC(=O)Nc1ccc2c(CSc3nnc(N4CCOCC4)s3)cc(=O)oc2c1. The number of carbonyl (C=O) groups excluding carboxylic acids is 1. The molecular formula is C18H18N4O4S2. The molecule has 4 rings (SSSR count). The lowest BCUT2D eigenvalue weighted by molar-refractivity contribution is -0.114. The second-order valence-electron chi connectivity index (χ2n) is 6.22. The number of fused-ring (bicyclic) bond motifs is 1. The fourth-order valence-corrected chi connectivity index (χ4v) is 4.80. The number of hydrogen-bond donors (Lipinski definition) is 1. The van der Waals surface area contributed by atoms with Crippen LogP contribution in [0.25, 0.3) is 11.0 Å².